The van der Waals surface area contributed by atoms with Gasteiger partial charge in [-0.3, -0.25) is 9.59 Å². The highest BCUT2D eigenvalue weighted by Crippen LogP contribution is 2.21. The molecule has 2 heterocycles. The minimum absolute atomic E-state index is 0.221. The molecule has 26 heavy (non-hydrogen) atoms. The summed E-state index contributed by atoms with van der Waals surface area (Å²) in [7, 11) is 0. The number of hydrogen-bond acceptors (Lipinski definition) is 5. The lowest BCUT2D eigenvalue weighted by Gasteiger charge is -2.11. The van der Waals surface area contributed by atoms with E-state index >= 15 is 0 Å². The van der Waals surface area contributed by atoms with Gasteiger partial charge in [0.25, 0.3) is 0 Å². The number of benzene rings is 1. The predicted molar refractivity (Wildman–Crippen MR) is 97.3 cm³/mol. The first-order chi connectivity index (χ1) is 12.5. The standard InChI is InChI=1S/C19H20N4O3/c1-12-16(23-19(26-12)14-5-3-2-4-6-14)11-22-18(25)15(20)9-13-7-8-21-17(24)10-13/h2-8,10,15H,9,11,20H2,1H3,(H,21,24)(H,22,25). The van der Waals surface area contributed by atoms with Crippen molar-refractivity contribution in [3.63, 3.8) is 0 Å². The highest BCUT2D eigenvalue weighted by molar-refractivity contribution is 5.81. The second-order valence-electron chi connectivity index (χ2n) is 5.98. The van der Waals surface area contributed by atoms with Gasteiger partial charge in [-0.05, 0) is 37.1 Å². The number of nitrogens with zero attached hydrogens (tertiary/aromatic N) is 1. The maximum atomic E-state index is 12.2. The summed E-state index contributed by atoms with van der Waals surface area (Å²) < 4.78 is 5.67. The summed E-state index contributed by atoms with van der Waals surface area (Å²) in [6, 6.07) is 12.0. The normalized spacial score (nSPS) is 11.9. The number of nitrogens with two attached hydrogens (primary N) is 1. The summed E-state index contributed by atoms with van der Waals surface area (Å²) in [5.41, 5.74) is 7.95. The molecule has 0 saturated heterocycles. The number of aromatic nitrogens is 2. The maximum Gasteiger partial charge on any atom is 0.248 e. The van der Waals surface area contributed by atoms with E-state index in [-0.39, 0.29) is 24.4 Å². The molecule has 0 aliphatic carbocycles. The average molecular weight is 352 g/mol. The fourth-order valence-electron chi connectivity index (χ4n) is 2.56. The van der Waals surface area contributed by atoms with E-state index in [9.17, 15) is 9.59 Å². The number of oxazole rings is 1. The van der Waals surface area contributed by atoms with Crippen molar-refractivity contribution >= 4 is 5.91 Å². The quantitative estimate of drug-likeness (QED) is 0.622. The van der Waals surface area contributed by atoms with Crippen LogP contribution in [0.25, 0.3) is 11.5 Å². The van der Waals surface area contributed by atoms with E-state index in [0.29, 0.717) is 22.9 Å². The van der Waals surface area contributed by atoms with Crippen molar-refractivity contribution in [1.29, 1.82) is 0 Å². The van der Waals surface area contributed by atoms with Crippen LogP contribution in [0, 0.1) is 6.92 Å². The Hall–Kier alpha value is -3.19. The fourth-order valence-corrected chi connectivity index (χ4v) is 2.56. The van der Waals surface area contributed by atoms with E-state index < -0.39 is 6.04 Å². The van der Waals surface area contributed by atoms with E-state index in [4.69, 9.17) is 10.2 Å². The zero-order chi connectivity index (χ0) is 18.5. The van der Waals surface area contributed by atoms with Gasteiger partial charge in [-0.15, -0.1) is 0 Å². The minimum atomic E-state index is -0.752. The first-order valence-corrected chi connectivity index (χ1v) is 8.25. The minimum Gasteiger partial charge on any atom is -0.441 e. The van der Waals surface area contributed by atoms with Crippen molar-refractivity contribution in [1.82, 2.24) is 15.3 Å². The Bertz CT molecular complexity index is 947. The molecule has 0 radical (unpaired) electrons. The van der Waals surface area contributed by atoms with Gasteiger partial charge in [0.1, 0.15) is 11.5 Å². The van der Waals surface area contributed by atoms with E-state index in [1.165, 1.54) is 12.3 Å². The van der Waals surface area contributed by atoms with Crippen LogP contribution in [0.15, 0.2) is 57.9 Å². The van der Waals surface area contributed by atoms with Crippen LogP contribution in [0.4, 0.5) is 0 Å². The zero-order valence-electron chi connectivity index (χ0n) is 14.4. The number of carbonyl (C=O) groups is 1. The lowest BCUT2D eigenvalue weighted by atomic mass is 10.1. The highest BCUT2D eigenvalue weighted by Gasteiger charge is 2.16. The molecule has 134 valence electrons. The lowest BCUT2D eigenvalue weighted by molar-refractivity contribution is -0.122. The molecule has 0 fully saturated rings. The van der Waals surface area contributed by atoms with E-state index in [1.54, 1.807) is 13.0 Å². The first kappa shape index (κ1) is 17.6. The molecule has 0 saturated carbocycles. The summed E-state index contributed by atoms with van der Waals surface area (Å²) in [6.45, 7) is 2.03. The third kappa shape index (κ3) is 4.25. The Morgan fingerprint density at radius 1 is 1.31 bits per heavy atom. The number of carbonyl (C=O) groups excluding carboxylic acids is 1. The molecular weight excluding hydrogens is 332 g/mol. The van der Waals surface area contributed by atoms with Gasteiger partial charge in [-0.2, -0.15) is 0 Å². The molecule has 0 aliphatic rings. The van der Waals surface area contributed by atoms with Crippen molar-refractivity contribution < 1.29 is 9.21 Å². The predicted octanol–water partition coefficient (Wildman–Crippen LogP) is 1.52. The van der Waals surface area contributed by atoms with E-state index in [0.717, 1.165) is 5.56 Å². The molecule has 1 amide bonds. The first-order valence-electron chi connectivity index (χ1n) is 8.25. The van der Waals surface area contributed by atoms with Crippen LogP contribution in [-0.4, -0.2) is 21.9 Å². The van der Waals surface area contributed by atoms with Crippen molar-refractivity contribution in [2.75, 3.05) is 0 Å². The van der Waals surface area contributed by atoms with Gasteiger partial charge in [0, 0.05) is 17.8 Å². The van der Waals surface area contributed by atoms with Crippen LogP contribution in [0.5, 0.6) is 0 Å². The SMILES string of the molecule is Cc1oc(-c2ccccc2)nc1CNC(=O)C(N)Cc1cc[nH]c(=O)c1. The van der Waals surface area contributed by atoms with Crippen LogP contribution >= 0.6 is 0 Å². The molecule has 0 spiro atoms. The van der Waals surface area contributed by atoms with Gasteiger partial charge < -0.3 is 20.5 Å². The molecule has 1 atom stereocenters. The summed E-state index contributed by atoms with van der Waals surface area (Å²) in [5.74, 6) is 0.849. The van der Waals surface area contributed by atoms with Crippen molar-refractivity contribution in [2.45, 2.75) is 25.9 Å². The summed E-state index contributed by atoms with van der Waals surface area (Å²) in [5, 5.41) is 2.77. The van der Waals surface area contributed by atoms with E-state index in [1.807, 2.05) is 30.3 Å². The lowest BCUT2D eigenvalue weighted by Crippen LogP contribution is -2.41. The molecule has 3 aromatic rings. The number of H-pyrrole nitrogens is 1. The molecule has 4 N–H and O–H groups in total. The number of rotatable bonds is 6. The number of amides is 1. The van der Waals surface area contributed by atoms with Gasteiger partial charge in [0.2, 0.25) is 17.4 Å². The fraction of sp³-hybridized carbons (Fsp3) is 0.211. The number of aryl methyl sites for hydroxylation is 1. The third-order valence-corrected chi connectivity index (χ3v) is 3.98. The number of nitrogens with one attached hydrogen (secondary N) is 2. The van der Waals surface area contributed by atoms with Crippen LogP contribution in [-0.2, 0) is 17.8 Å². The van der Waals surface area contributed by atoms with Crippen molar-refractivity contribution in [2.24, 2.45) is 5.73 Å². The van der Waals surface area contributed by atoms with Crippen molar-refractivity contribution in [3.8, 4) is 11.5 Å². The Balaban J connectivity index is 1.61. The Kier molecular flexibility index (Phi) is 5.28. The highest BCUT2D eigenvalue weighted by atomic mass is 16.4. The van der Waals surface area contributed by atoms with Gasteiger partial charge >= 0.3 is 0 Å². The smallest absolute Gasteiger partial charge is 0.248 e. The van der Waals surface area contributed by atoms with E-state index in [2.05, 4.69) is 15.3 Å². The number of aromatic amines is 1. The van der Waals surface area contributed by atoms with Gasteiger partial charge in [0.15, 0.2) is 0 Å². The molecular formula is C19H20N4O3. The molecule has 1 unspecified atom stereocenters. The Morgan fingerprint density at radius 3 is 2.81 bits per heavy atom. The van der Waals surface area contributed by atoms with Gasteiger partial charge in [0.05, 0.1) is 12.6 Å². The van der Waals surface area contributed by atoms with Crippen LogP contribution < -0.4 is 16.6 Å². The van der Waals surface area contributed by atoms with Gasteiger partial charge in [-0.25, -0.2) is 4.98 Å². The molecule has 1 aromatic carbocycles. The second kappa shape index (κ2) is 7.79. The molecule has 2 aromatic heterocycles. The Labute approximate surface area is 150 Å². The third-order valence-electron chi connectivity index (χ3n) is 3.98. The zero-order valence-corrected chi connectivity index (χ0v) is 14.4. The molecule has 7 nitrogen and oxygen atoms in total. The monoisotopic (exact) mass is 352 g/mol. The topological polar surface area (TPSA) is 114 Å². The van der Waals surface area contributed by atoms with Crippen LogP contribution in [0.1, 0.15) is 17.0 Å². The summed E-state index contributed by atoms with van der Waals surface area (Å²) >= 11 is 0. The Morgan fingerprint density at radius 2 is 2.08 bits per heavy atom. The number of hydrogen-bond donors (Lipinski definition) is 3. The number of pyridine rings is 1. The molecule has 0 bridgehead atoms. The molecule has 0 aliphatic heterocycles. The second-order valence-corrected chi connectivity index (χ2v) is 5.98. The van der Waals surface area contributed by atoms with Gasteiger partial charge in [-0.1, -0.05) is 18.2 Å². The summed E-state index contributed by atoms with van der Waals surface area (Å²) in [4.78, 5) is 30.5. The van der Waals surface area contributed by atoms with Crippen LogP contribution in [0.2, 0.25) is 0 Å². The largest absolute Gasteiger partial charge is 0.441 e. The van der Waals surface area contributed by atoms with Crippen LogP contribution in [0.3, 0.4) is 0 Å². The summed E-state index contributed by atoms with van der Waals surface area (Å²) in [6.07, 6.45) is 1.81. The maximum absolute atomic E-state index is 12.2. The molecule has 7 heteroatoms. The van der Waals surface area contributed by atoms with Crippen molar-refractivity contribution in [3.05, 3.63) is 76.0 Å². The average Bonchev–Trinajstić information content (AvgIpc) is 3.01. The molecule has 3 rings (SSSR count).